The summed E-state index contributed by atoms with van der Waals surface area (Å²) in [6.07, 6.45) is -2.03. The Balaban J connectivity index is 1.58. The molecule has 0 aliphatic carbocycles. The lowest BCUT2D eigenvalue weighted by molar-refractivity contribution is -0.137. The second-order valence-corrected chi connectivity index (χ2v) is 9.02. The van der Waals surface area contributed by atoms with E-state index in [0.717, 1.165) is 35.3 Å². The maximum Gasteiger partial charge on any atom is 0.416 e. The molecule has 6 nitrogen and oxygen atoms in total. The van der Waals surface area contributed by atoms with E-state index in [0.29, 0.717) is 32.1 Å². The normalized spacial score (nSPS) is 22.3. The van der Waals surface area contributed by atoms with Crippen molar-refractivity contribution in [3.63, 3.8) is 0 Å². The molecule has 1 aromatic rings. The minimum absolute atomic E-state index is 0.0327. The largest absolute Gasteiger partial charge is 0.416 e. The molecule has 3 rings (SSSR count). The van der Waals surface area contributed by atoms with Crippen LogP contribution in [0.5, 0.6) is 0 Å². The molecule has 2 aliphatic heterocycles. The second-order valence-electron chi connectivity index (χ2n) is 7.08. The Morgan fingerprint density at radius 1 is 1.21 bits per heavy atom. The van der Waals surface area contributed by atoms with Gasteiger partial charge in [-0.2, -0.15) is 17.5 Å². The molecule has 1 amide bonds. The average molecular weight is 420 g/mol. The lowest BCUT2D eigenvalue weighted by Crippen LogP contribution is -2.44. The zero-order valence-electron chi connectivity index (χ0n) is 15.2. The van der Waals surface area contributed by atoms with E-state index in [1.54, 1.807) is 0 Å². The third kappa shape index (κ3) is 4.84. The van der Waals surface area contributed by atoms with Crippen molar-refractivity contribution in [3.8, 4) is 0 Å². The summed E-state index contributed by atoms with van der Waals surface area (Å²) < 4.78 is 70.5. The monoisotopic (exact) mass is 420 g/mol. The fourth-order valence-corrected chi connectivity index (χ4v) is 5.02. The Labute approximate surface area is 162 Å². The van der Waals surface area contributed by atoms with Gasteiger partial charge in [-0.05, 0) is 43.9 Å². The van der Waals surface area contributed by atoms with Crippen LogP contribution in [0.1, 0.15) is 31.2 Å². The maximum atomic E-state index is 12.9. The number of sulfonamides is 1. The van der Waals surface area contributed by atoms with Crippen molar-refractivity contribution < 1.29 is 31.1 Å². The molecule has 0 spiro atoms. The van der Waals surface area contributed by atoms with Crippen LogP contribution in [-0.2, 0) is 25.7 Å². The van der Waals surface area contributed by atoms with Crippen LogP contribution in [0.25, 0.3) is 0 Å². The van der Waals surface area contributed by atoms with Crippen LogP contribution in [0, 0.1) is 5.92 Å². The summed E-state index contributed by atoms with van der Waals surface area (Å²) in [5.41, 5.74) is -1.00. The van der Waals surface area contributed by atoms with Crippen LogP contribution >= 0.6 is 0 Å². The molecule has 156 valence electrons. The predicted octanol–water partition coefficient (Wildman–Crippen LogP) is 2.40. The fraction of sp³-hybridized carbons (Fsp3) is 0.611. The van der Waals surface area contributed by atoms with Crippen molar-refractivity contribution in [2.45, 2.75) is 42.9 Å². The molecule has 1 aromatic carbocycles. The summed E-state index contributed by atoms with van der Waals surface area (Å²) in [7, 11) is -4.04. The van der Waals surface area contributed by atoms with Crippen LogP contribution in [0.15, 0.2) is 29.2 Å². The van der Waals surface area contributed by atoms with Crippen LogP contribution in [0.4, 0.5) is 13.2 Å². The molecule has 0 aromatic heterocycles. The number of piperidine rings is 1. The molecular weight excluding hydrogens is 397 g/mol. The first-order valence-electron chi connectivity index (χ1n) is 9.24. The van der Waals surface area contributed by atoms with E-state index in [-0.39, 0.29) is 35.9 Å². The lowest BCUT2D eigenvalue weighted by atomic mass is 9.97. The molecule has 0 saturated carbocycles. The van der Waals surface area contributed by atoms with E-state index in [1.807, 2.05) is 0 Å². The molecule has 10 heteroatoms. The zero-order valence-corrected chi connectivity index (χ0v) is 16.1. The number of carbonyl (C=O) groups is 1. The number of alkyl halides is 3. The molecule has 1 N–H and O–H groups in total. The van der Waals surface area contributed by atoms with Crippen molar-refractivity contribution in [2.75, 3.05) is 26.2 Å². The third-order valence-electron chi connectivity index (χ3n) is 5.15. The van der Waals surface area contributed by atoms with E-state index < -0.39 is 21.8 Å². The topological polar surface area (TPSA) is 75.7 Å². The molecule has 2 saturated heterocycles. The fourth-order valence-electron chi connectivity index (χ4n) is 3.50. The standard InChI is InChI=1S/C18H23F3N2O4S/c19-18(20,21)14-3-1-5-16(11-14)28(25,26)23-8-6-13(7-9-23)17(24)22-12-15-4-2-10-27-15/h1,3,5,11,13,15H,2,4,6-10,12H2,(H,22,24)/t15-/m0/s1. The molecule has 28 heavy (non-hydrogen) atoms. The summed E-state index contributed by atoms with van der Waals surface area (Å²) in [5.74, 6) is -0.444. The van der Waals surface area contributed by atoms with Gasteiger partial charge in [0.25, 0.3) is 0 Å². The van der Waals surface area contributed by atoms with Gasteiger partial charge in [0.05, 0.1) is 16.6 Å². The summed E-state index contributed by atoms with van der Waals surface area (Å²) in [4.78, 5) is 11.9. The van der Waals surface area contributed by atoms with Gasteiger partial charge < -0.3 is 10.1 Å². The maximum absolute atomic E-state index is 12.9. The zero-order chi connectivity index (χ0) is 20.4. The van der Waals surface area contributed by atoms with E-state index in [9.17, 15) is 26.4 Å². The van der Waals surface area contributed by atoms with Gasteiger partial charge in [-0.3, -0.25) is 4.79 Å². The first-order chi connectivity index (χ1) is 13.2. The van der Waals surface area contributed by atoms with Gasteiger partial charge in [0, 0.05) is 32.2 Å². The van der Waals surface area contributed by atoms with Crippen LogP contribution < -0.4 is 5.32 Å². The van der Waals surface area contributed by atoms with Gasteiger partial charge in [-0.25, -0.2) is 8.42 Å². The van der Waals surface area contributed by atoms with Gasteiger partial charge in [-0.1, -0.05) is 6.07 Å². The molecule has 0 radical (unpaired) electrons. The molecule has 0 bridgehead atoms. The van der Waals surface area contributed by atoms with Crippen LogP contribution in [0.2, 0.25) is 0 Å². The van der Waals surface area contributed by atoms with E-state index in [4.69, 9.17) is 4.74 Å². The summed E-state index contributed by atoms with van der Waals surface area (Å²) in [6.45, 7) is 1.33. The highest BCUT2D eigenvalue weighted by molar-refractivity contribution is 7.89. The number of halogens is 3. The van der Waals surface area contributed by atoms with Crippen molar-refractivity contribution in [1.82, 2.24) is 9.62 Å². The number of hydrogen-bond acceptors (Lipinski definition) is 4. The molecule has 1 atom stereocenters. The van der Waals surface area contributed by atoms with E-state index in [1.165, 1.54) is 0 Å². The molecular formula is C18H23F3N2O4S. The Bertz CT molecular complexity index is 799. The number of nitrogens with zero attached hydrogens (tertiary/aromatic N) is 1. The highest BCUT2D eigenvalue weighted by atomic mass is 32.2. The van der Waals surface area contributed by atoms with Crippen LogP contribution in [0.3, 0.4) is 0 Å². The van der Waals surface area contributed by atoms with Crippen molar-refractivity contribution in [1.29, 1.82) is 0 Å². The van der Waals surface area contributed by atoms with E-state index >= 15 is 0 Å². The van der Waals surface area contributed by atoms with Gasteiger partial charge >= 0.3 is 6.18 Å². The summed E-state index contributed by atoms with van der Waals surface area (Å²) in [5, 5.41) is 2.85. The number of amides is 1. The Morgan fingerprint density at radius 2 is 1.93 bits per heavy atom. The minimum Gasteiger partial charge on any atom is -0.376 e. The second kappa shape index (κ2) is 8.38. The number of ether oxygens (including phenoxy) is 1. The first-order valence-corrected chi connectivity index (χ1v) is 10.7. The Kier molecular flexibility index (Phi) is 6.31. The summed E-state index contributed by atoms with van der Waals surface area (Å²) >= 11 is 0. The number of rotatable bonds is 5. The van der Waals surface area contributed by atoms with Gasteiger partial charge in [0.2, 0.25) is 15.9 Å². The van der Waals surface area contributed by atoms with Crippen molar-refractivity contribution in [3.05, 3.63) is 29.8 Å². The van der Waals surface area contributed by atoms with Crippen molar-refractivity contribution >= 4 is 15.9 Å². The Hall–Kier alpha value is -1.65. The first kappa shape index (κ1) is 21.1. The number of benzene rings is 1. The molecule has 2 fully saturated rings. The predicted molar refractivity (Wildman–Crippen MR) is 94.9 cm³/mol. The summed E-state index contributed by atoms with van der Waals surface area (Å²) in [6, 6.07) is 3.73. The smallest absolute Gasteiger partial charge is 0.376 e. The van der Waals surface area contributed by atoms with Crippen molar-refractivity contribution in [2.24, 2.45) is 5.92 Å². The highest BCUT2D eigenvalue weighted by Gasteiger charge is 2.35. The van der Waals surface area contributed by atoms with Crippen LogP contribution in [-0.4, -0.2) is 51.0 Å². The third-order valence-corrected chi connectivity index (χ3v) is 7.05. The average Bonchev–Trinajstić information content (AvgIpc) is 3.19. The lowest BCUT2D eigenvalue weighted by Gasteiger charge is -2.30. The van der Waals surface area contributed by atoms with E-state index in [2.05, 4.69) is 5.32 Å². The number of hydrogen-bond donors (Lipinski definition) is 1. The SMILES string of the molecule is O=C(NC[C@@H]1CCCO1)C1CCN(S(=O)(=O)c2cccc(C(F)(F)F)c2)CC1. The molecule has 2 heterocycles. The van der Waals surface area contributed by atoms with Gasteiger partial charge in [0.1, 0.15) is 0 Å². The van der Waals surface area contributed by atoms with Gasteiger partial charge in [-0.15, -0.1) is 0 Å². The Morgan fingerprint density at radius 3 is 2.54 bits per heavy atom. The minimum atomic E-state index is -4.61. The number of carbonyl (C=O) groups excluding carboxylic acids is 1. The molecule has 2 aliphatic rings. The highest BCUT2D eigenvalue weighted by Crippen LogP contribution is 2.32. The van der Waals surface area contributed by atoms with Gasteiger partial charge in [0.15, 0.2) is 0 Å². The number of nitrogens with one attached hydrogen (secondary N) is 1. The molecule has 0 unspecified atom stereocenters. The quantitative estimate of drug-likeness (QED) is 0.794.